The standard InChI is InChI=1S/C20H16FN5OS/c1-13-2-8-16(9-3-13)26-19-17(10-24-26)20(23-12-22-19)28-11-18(27)25-15-6-4-14(21)5-7-15/h2-10,12H,11H2,1H3,(H,25,27). The van der Waals surface area contributed by atoms with E-state index in [1.165, 1.54) is 47.9 Å². The first kappa shape index (κ1) is 18.1. The number of nitrogens with one attached hydrogen (secondary N) is 1. The Balaban J connectivity index is 1.50. The molecule has 0 aliphatic rings. The summed E-state index contributed by atoms with van der Waals surface area (Å²) in [7, 11) is 0. The van der Waals surface area contributed by atoms with Gasteiger partial charge >= 0.3 is 0 Å². The third kappa shape index (κ3) is 3.86. The SMILES string of the molecule is Cc1ccc(-n2ncc3c(SCC(=O)Nc4ccc(F)cc4)ncnc32)cc1. The van der Waals surface area contributed by atoms with E-state index in [4.69, 9.17) is 0 Å². The molecule has 2 heterocycles. The molecule has 0 radical (unpaired) electrons. The number of hydrogen-bond donors (Lipinski definition) is 1. The van der Waals surface area contributed by atoms with Crippen LogP contribution in [0.4, 0.5) is 10.1 Å². The second-order valence-electron chi connectivity index (χ2n) is 6.15. The van der Waals surface area contributed by atoms with Gasteiger partial charge in [-0.2, -0.15) is 5.10 Å². The summed E-state index contributed by atoms with van der Waals surface area (Å²) < 4.78 is 14.7. The van der Waals surface area contributed by atoms with Crippen LogP contribution in [0.15, 0.2) is 66.1 Å². The Kier molecular flexibility index (Phi) is 5.03. The maximum absolute atomic E-state index is 12.9. The molecule has 0 aliphatic carbocycles. The number of benzene rings is 2. The lowest BCUT2D eigenvalue weighted by Gasteiger charge is -2.06. The van der Waals surface area contributed by atoms with Crippen molar-refractivity contribution >= 4 is 34.4 Å². The Hall–Kier alpha value is -3.26. The molecule has 8 heteroatoms. The first-order chi connectivity index (χ1) is 13.6. The van der Waals surface area contributed by atoms with E-state index in [1.807, 2.05) is 31.2 Å². The van der Waals surface area contributed by atoms with Gasteiger partial charge in [-0.05, 0) is 43.3 Å². The summed E-state index contributed by atoms with van der Waals surface area (Å²) in [5.74, 6) is -0.380. The van der Waals surface area contributed by atoms with Gasteiger partial charge in [0.15, 0.2) is 5.65 Å². The smallest absolute Gasteiger partial charge is 0.234 e. The van der Waals surface area contributed by atoms with Gasteiger partial charge in [-0.1, -0.05) is 29.5 Å². The number of halogens is 1. The Morgan fingerprint density at radius 3 is 2.61 bits per heavy atom. The number of anilines is 1. The molecule has 4 rings (SSSR count). The predicted molar refractivity (Wildman–Crippen MR) is 107 cm³/mol. The first-order valence-electron chi connectivity index (χ1n) is 8.54. The van der Waals surface area contributed by atoms with E-state index >= 15 is 0 Å². The summed E-state index contributed by atoms with van der Waals surface area (Å²) in [4.78, 5) is 20.8. The van der Waals surface area contributed by atoms with Crippen molar-refractivity contribution in [2.45, 2.75) is 11.9 Å². The monoisotopic (exact) mass is 393 g/mol. The molecule has 140 valence electrons. The van der Waals surface area contributed by atoms with E-state index in [9.17, 15) is 9.18 Å². The molecular weight excluding hydrogens is 377 g/mol. The quantitative estimate of drug-likeness (QED) is 0.410. The Morgan fingerprint density at radius 2 is 1.86 bits per heavy atom. The van der Waals surface area contributed by atoms with E-state index in [0.29, 0.717) is 16.4 Å². The predicted octanol–water partition coefficient (Wildman–Crippen LogP) is 3.99. The van der Waals surface area contributed by atoms with Gasteiger partial charge in [-0.25, -0.2) is 19.0 Å². The van der Waals surface area contributed by atoms with Gasteiger partial charge in [0.05, 0.1) is 23.0 Å². The Morgan fingerprint density at radius 1 is 1.11 bits per heavy atom. The van der Waals surface area contributed by atoms with Crippen LogP contribution in [0.5, 0.6) is 0 Å². The van der Waals surface area contributed by atoms with E-state index in [0.717, 1.165) is 11.1 Å². The molecule has 2 aromatic carbocycles. The van der Waals surface area contributed by atoms with Gasteiger partial charge in [0.25, 0.3) is 0 Å². The number of hydrogen-bond acceptors (Lipinski definition) is 5. The highest BCUT2D eigenvalue weighted by Gasteiger charge is 2.13. The van der Waals surface area contributed by atoms with Crippen LogP contribution >= 0.6 is 11.8 Å². The number of fused-ring (bicyclic) bond motifs is 1. The molecule has 0 atom stereocenters. The van der Waals surface area contributed by atoms with E-state index < -0.39 is 0 Å². The molecule has 2 aromatic heterocycles. The van der Waals surface area contributed by atoms with Crippen molar-refractivity contribution in [3.05, 3.63) is 72.4 Å². The van der Waals surface area contributed by atoms with Crippen molar-refractivity contribution in [1.82, 2.24) is 19.7 Å². The zero-order chi connectivity index (χ0) is 19.5. The summed E-state index contributed by atoms with van der Waals surface area (Å²) in [5, 5.41) is 8.62. The van der Waals surface area contributed by atoms with Crippen molar-refractivity contribution in [3.8, 4) is 5.69 Å². The molecule has 1 N–H and O–H groups in total. The van der Waals surface area contributed by atoms with Crippen LogP contribution < -0.4 is 5.32 Å². The highest BCUT2D eigenvalue weighted by Crippen LogP contribution is 2.26. The van der Waals surface area contributed by atoms with Gasteiger partial charge in [0.2, 0.25) is 5.91 Å². The average molecular weight is 393 g/mol. The van der Waals surface area contributed by atoms with Crippen LogP contribution in [0.1, 0.15) is 5.56 Å². The molecule has 1 amide bonds. The highest BCUT2D eigenvalue weighted by molar-refractivity contribution is 8.00. The number of carbonyl (C=O) groups excluding carboxylic acids is 1. The number of amides is 1. The molecule has 0 aliphatic heterocycles. The third-order valence-electron chi connectivity index (χ3n) is 4.08. The van der Waals surface area contributed by atoms with Gasteiger partial charge in [0, 0.05) is 5.69 Å². The fourth-order valence-corrected chi connectivity index (χ4v) is 3.44. The summed E-state index contributed by atoms with van der Waals surface area (Å²) in [6.45, 7) is 2.03. The highest BCUT2D eigenvalue weighted by atomic mass is 32.2. The van der Waals surface area contributed by atoms with Gasteiger partial charge < -0.3 is 5.32 Å². The molecule has 0 spiro atoms. The maximum atomic E-state index is 12.9. The number of aromatic nitrogens is 4. The van der Waals surface area contributed by atoms with Crippen LogP contribution in [0.3, 0.4) is 0 Å². The zero-order valence-corrected chi connectivity index (χ0v) is 15.8. The van der Waals surface area contributed by atoms with Crippen LogP contribution in [-0.4, -0.2) is 31.4 Å². The van der Waals surface area contributed by atoms with Crippen molar-refractivity contribution in [3.63, 3.8) is 0 Å². The zero-order valence-electron chi connectivity index (χ0n) is 15.0. The normalized spacial score (nSPS) is 10.9. The van der Waals surface area contributed by atoms with Crippen LogP contribution in [0.25, 0.3) is 16.7 Å². The first-order valence-corrected chi connectivity index (χ1v) is 9.53. The molecule has 4 aromatic rings. The van der Waals surface area contributed by atoms with Crippen molar-refractivity contribution in [2.75, 3.05) is 11.1 Å². The van der Waals surface area contributed by atoms with E-state index in [1.54, 1.807) is 10.9 Å². The average Bonchev–Trinajstić information content (AvgIpc) is 3.13. The number of rotatable bonds is 5. The molecule has 0 saturated heterocycles. The van der Waals surface area contributed by atoms with Crippen LogP contribution in [-0.2, 0) is 4.79 Å². The largest absolute Gasteiger partial charge is 0.325 e. The van der Waals surface area contributed by atoms with Gasteiger partial charge in [-0.3, -0.25) is 4.79 Å². The lowest BCUT2D eigenvalue weighted by molar-refractivity contribution is -0.113. The third-order valence-corrected chi connectivity index (χ3v) is 5.08. The van der Waals surface area contributed by atoms with Gasteiger partial charge in [0.1, 0.15) is 17.2 Å². The lowest BCUT2D eigenvalue weighted by atomic mass is 10.2. The lowest BCUT2D eigenvalue weighted by Crippen LogP contribution is -2.14. The summed E-state index contributed by atoms with van der Waals surface area (Å²) in [6, 6.07) is 13.6. The summed E-state index contributed by atoms with van der Waals surface area (Å²) in [5.41, 5.74) is 3.30. The Bertz CT molecular complexity index is 1130. The molecule has 0 fully saturated rings. The van der Waals surface area contributed by atoms with Crippen molar-refractivity contribution in [2.24, 2.45) is 0 Å². The molecular formula is C20H16FN5OS. The van der Waals surface area contributed by atoms with Crippen molar-refractivity contribution < 1.29 is 9.18 Å². The molecule has 6 nitrogen and oxygen atoms in total. The minimum atomic E-state index is -0.346. The van der Waals surface area contributed by atoms with Crippen LogP contribution in [0.2, 0.25) is 0 Å². The second kappa shape index (κ2) is 7.77. The molecule has 0 unspecified atom stereocenters. The van der Waals surface area contributed by atoms with Crippen LogP contribution in [0, 0.1) is 12.7 Å². The molecule has 0 bridgehead atoms. The minimum absolute atomic E-state index is 0.166. The number of carbonyl (C=O) groups is 1. The number of aryl methyl sites for hydroxylation is 1. The molecule has 28 heavy (non-hydrogen) atoms. The number of thioether (sulfide) groups is 1. The number of nitrogens with zero attached hydrogens (tertiary/aromatic N) is 4. The minimum Gasteiger partial charge on any atom is -0.325 e. The maximum Gasteiger partial charge on any atom is 0.234 e. The summed E-state index contributed by atoms with van der Waals surface area (Å²) >= 11 is 1.30. The second-order valence-corrected chi connectivity index (χ2v) is 7.12. The van der Waals surface area contributed by atoms with E-state index in [-0.39, 0.29) is 17.5 Å². The summed E-state index contributed by atoms with van der Waals surface area (Å²) in [6.07, 6.45) is 3.17. The van der Waals surface area contributed by atoms with Gasteiger partial charge in [-0.15, -0.1) is 0 Å². The fraction of sp³-hybridized carbons (Fsp3) is 0.100. The molecule has 0 saturated carbocycles. The Labute approximate surface area is 164 Å². The topological polar surface area (TPSA) is 72.7 Å². The fourth-order valence-electron chi connectivity index (χ4n) is 2.68. The van der Waals surface area contributed by atoms with Crippen molar-refractivity contribution in [1.29, 1.82) is 0 Å². The van der Waals surface area contributed by atoms with E-state index in [2.05, 4.69) is 20.4 Å².